The molecule has 1 atom stereocenters. The first kappa shape index (κ1) is 23.3. The molecule has 0 saturated carbocycles. The molecule has 0 aliphatic carbocycles. The van der Waals surface area contributed by atoms with Crippen LogP contribution in [0.5, 0.6) is 0 Å². The summed E-state index contributed by atoms with van der Waals surface area (Å²) >= 11 is 1.26. The maximum atomic E-state index is 13.3. The van der Waals surface area contributed by atoms with Crippen LogP contribution in [0.15, 0.2) is 39.7 Å². The SMILES string of the molecule is CCCCC(N=C1NS(=O)(=O)c2ccccc21)C(=O)N1CCC(C(=O)Nc2nncs2)CC1. The van der Waals surface area contributed by atoms with Gasteiger partial charge in [0.25, 0.3) is 10.0 Å². The van der Waals surface area contributed by atoms with Gasteiger partial charge < -0.3 is 10.2 Å². The number of unbranched alkanes of at least 4 members (excludes halogenated alkanes) is 1. The maximum absolute atomic E-state index is 13.3. The van der Waals surface area contributed by atoms with Gasteiger partial charge in [0, 0.05) is 24.6 Å². The summed E-state index contributed by atoms with van der Waals surface area (Å²) in [6.07, 6.45) is 3.30. The van der Waals surface area contributed by atoms with Crippen LogP contribution < -0.4 is 10.0 Å². The lowest BCUT2D eigenvalue weighted by Gasteiger charge is -2.33. The number of hydrogen-bond acceptors (Lipinski definition) is 8. The largest absolute Gasteiger partial charge is 0.341 e. The Balaban J connectivity index is 1.45. The Hall–Kier alpha value is -2.86. The third-order valence-electron chi connectivity index (χ3n) is 5.83. The summed E-state index contributed by atoms with van der Waals surface area (Å²) in [5.74, 6) is -0.237. The van der Waals surface area contributed by atoms with Gasteiger partial charge in [-0.05, 0) is 31.4 Å². The van der Waals surface area contributed by atoms with Crippen LogP contribution >= 0.6 is 11.3 Å². The third-order valence-corrected chi connectivity index (χ3v) is 7.84. The molecule has 1 fully saturated rings. The Morgan fingerprint density at radius 3 is 2.76 bits per heavy atom. The topological polar surface area (TPSA) is 134 Å². The second-order valence-corrected chi connectivity index (χ2v) is 10.6. The zero-order valence-corrected chi connectivity index (χ0v) is 19.9. The number of rotatable bonds is 7. The van der Waals surface area contributed by atoms with E-state index in [1.807, 2.05) is 6.92 Å². The standard InChI is InChI=1S/C21H26N6O4S2/c1-2-3-7-16(23-18-15-6-4-5-8-17(15)33(30,31)26-18)20(29)27-11-9-14(10-12-27)19(28)24-21-25-22-13-32-21/h4-6,8,13-14,16H,2-3,7,9-12H2,1H3,(H,23,26)(H,24,25,28). The Bertz CT molecular complexity index is 1140. The van der Waals surface area contributed by atoms with Crippen molar-refractivity contribution in [2.75, 3.05) is 18.4 Å². The second kappa shape index (κ2) is 9.96. The minimum atomic E-state index is -3.67. The van der Waals surface area contributed by atoms with Crippen LogP contribution in [0.25, 0.3) is 0 Å². The van der Waals surface area contributed by atoms with E-state index in [1.165, 1.54) is 17.4 Å². The molecule has 176 valence electrons. The molecule has 1 aromatic carbocycles. The number of amides is 2. The maximum Gasteiger partial charge on any atom is 0.263 e. The zero-order chi connectivity index (χ0) is 23.4. The molecule has 2 N–H and O–H groups in total. The van der Waals surface area contributed by atoms with Gasteiger partial charge in [0.15, 0.2) is 0 Å². The molecule has 1 aromatic heterocycles. The number of carbonyl (C=O) groups excluding carboxylic acids is 2. The van der Waals surface area contributed by atoms with E-state index in [1.54, 1.807) is 28.6 Å². The third kappa shape index (κ3) is 5.22. The number of nitrogens with one attached hydrogen (secondary N) is 2. The molecule has 1 unspecified atom stereocenters. The number of carbonyl (C=O) groups is 2. The van der Waals surface area contributed by atoms with Gasteiger partial charge in [-0.3, -0.25) is 19.3 Å². The first-order valence-corrected chi connectivity index (χ1v) is 13.3. The predicted octanol–water partition coefficient (Wildman–Crippen LogP) is 2.01. The van der Waals surface area contributed by atoms with E-state index in [4.69, 9.17) is 0 Å². The van der Waals surface area contributed by atoms with Gasteiger partial charge in [0.2, 0.25) is 16.9 Å². The number of anilines is 1. The lowest BCUT2D eigenvalue weighted by molar-refractivity contribution is -0.135. The minimum absolute atomic E-state index is 0.112. The smallest absolute Gasteiger partial charge is 0.263 e. The van der Waals surface area contributed by atoms with Crippen molar-refractivity contribution in [3.05, 3.63) is 35.3 Å². The number of sulfonamides is 1. The Kier molecular flexibility index (Phi) is 7.03. The van der Waals surface area contributed by atoms with Crippen molar-refractivity contribution >= 4 is 44.1 Å². The highest BCUT2D eigenvalue weighted by Gasteiger charge is 2.34. The molecule has 33 heavy (non-hydrogen) atoms. The monoisotopic (exact) mass is 490 g/mol. The van der Waals surface area contributed by atoms with Crippen LogP contribution in [0.2, 0.25) is 0 Å². The van der Waals surface area contributed by atoms with Gasteiger partial charge >= 0.3 is 0 Å². The van der Waals surface area contributed by atoms with Crippen LogP contribution in [0.3, 0.4) is 0 Å². The van der Waals surface area contributed by atoms with E-state index in [0.717, 1.165) is 12.8 Å². The molecule has 1 saturated heterocycles. The predicted molar refractivity (Wildman–Crippen MR) is 124 cm³/mol. The number of benzene rings is 1. The molecule has 10 nitrogen and oxygen atoms in total. The van der Waals surface area contributed by atoms with Gasteiger partial charge in [-0.15, -0.1) is 10.2 Å². The normalized spacial score (nSPS) is 19.7. The quantitative estimate of drug-likeness (QED) is 0.610. The van der Waals surface area contributed by atoms with Crippen LogP contribution in [0, 0.1) is 5.92 Å². The summed E-state index contributed by atoms with van der Waals surface area (Å²) in [6.45, 7) is 2.93. The Morgan fingerprint density at radius 1 is 1.30 bits per heavy atom. The van der Waals surface area contributed by atoms with Gasteiger partial charge in [0.1, 0.15) is 17.4 Å². The fourth-order valence-electron chi connectivity index (χ4n) is 4.03. The van der Waals surface area contributed by atoms with Crippen molar-refractivity contribution in [3.63, 3.8) is 0 Å². The summed E-state index contributed by atoms with van der Waals surface area (Å²) in [7, 11) is -3.67. The zero-order valence-electron chi connectivity index (χ0n) is 18.2. The molecule has 12 heteroatoms. The number of fused-ring (bicyclic) bond motifs is 1. The van der Waals surface area contributed by atoms with E-state index < -0.39 is 16.1 Å². The van der Waals surface area contributed by atoms with Gasteiger partial charge in [-0.1, -0.05) is 43.2 Å². The molecule has 2 aliphatic rings. The van der Waals surface area contributed by atoms with Crippen LogP contribution in [-0.4, -0.2) is 60.3 Å². The summed E-state index contributed by atoms with van der Waals surface area (Å²) in [5, 5.41) is 10.8. The Morgan fingerprint density at radius 2 is 2.06 bits per heavy atom. The lowest BCUT2D eigenvalue weighted by Crippen LogP contribution is -2.45. The highest BCUT2D eigenvalue weighted by molar-refractivity contribution is 7.90. The van der Waals surface area contributed by atoms with Crippen molar-refractivity contribution in [2.24, 2.45) is 10.9 Å². The molecule has 2 amide bonds. The average Bonchev–Trinajstić information content (AvgIpc) is 3.42. The number of piperidine rings is 1. The average molecular weight is 491 g/mol. The van der Waals surface area contributed by atoms with Crippen molar-refractivity contribution in [2.45, 2.75) is 50.0 Å². The molecule has 0 radical (unpaired) electrons. The van der Waals surface area contributed by atoms with E-state index in [9.17, 15) is 18.0 Å². The highest BCUT2D eigenvalue weighted by Crippen LogP contribution is 2.25. The molecular weight excluding hydrogens is 464 g/mol. The highest BCUT2D eigenvalue weighted by atomic mass is 32.2. The fourth-order valence-corrected chi connectivity index (χ4v) is 5.72. The van der Waals surface area contributed by atoms with Gasteiger partial charge in [0.05, 0.1) is 4.90 Å². The van der Waals surface area contributed by atoms with Gasteiger partial charge in [-0.2, -0.15) is 0 Å². The summed E-state index contributed by atoms with van der Waals surface area (Å²) < 4.78 is 27.3. The molecule has 0 spiro atoms. The number of aromatic nitrogens is 2. The van der Waals surface area contributed by atoms with E-state index in [-0.39, 0.29) is 28.5 Å². The van der Waals surface area contributed by atoms with Crippen LogP contribution in [-0.2, 0) is 19.6 Å². The number of nitrogens with zero attached hydrogens (tertiary/aromatic N) is 4. The fraction of sp³-hybridized carbons (Fsp3) is 0.476. The first-order chi connectivity index (χ1) is 15.9. The number of amidine groups is 1. The summed E-state index contributed by atoms with van der Waals surface area (Å²) in [6, 6.07) is 5.94. The molecule has 0 bridgehead atoms. The van der Waals surface area contributed by atoms with E-state index in [2.05, 4.69) is 25.2 Å². The van der Waals surface area contributed by atoms with Crippen molar-refractivity contribution < 1.29 is 18.0 Å². The minimum Gasteiger partial charge on any atom is -0.341 e. The molecule has 2 aromatic rings. The van der Waals surface area contributed by atoms with Crippen molar-refractivity contribution in [3.8, 4) is 0 Å². The number of aliphatic imine (C=N–C) groups is 1. The van der Waals surface area contributed by atoms with E-state index in [0.29, 0.717) is 43.0 Å². The lowest BCUT2D eigenvalue weighted by atomic mass is 9.95. The molecule has 3 heterocycles. The van der Waals surface area contributed by atoms with Gasteiger partial charge in [-0.25, -0.2) is 8.42 Å². The van der Waals surface area contributed by atoms with Crippen molar-refractivity contribution in [1.82, 2.24) is 19.8 Å². The van der Waals surface area contributed by atoms with Crippen molar-refractivity contribution in [1.29, 1.82) is 0 Å². The van der Waals surface area contributed by atoms with Crippen LogP contribution in [0.4, 0.5) is 5.13 Å². The summed E-state index contributed by atoms with van der Waals surface area (Å²) in [5.41, 5.74) is 2.04. The second-order valence-electron chi connectivity index (χ2n) is 8.07. The first-order valence-electron chi connectivity index (χ1n) is 10.9. The number of hydrogen-bond donors (Lipinski definition) is 2. The molecular formula is C21H26N6O4S2. The molecule has 4 rings (SSSR count). The van der Waals surface area contributed by atoms with E-state index >= 15 is 0 Å². The summed E-state index contributed by atoms with van der Waals surface area (Å²) in [4.78, 5) is 32.3. The number of likely N-dealkylation sites (tertiary alicyclic amines) is 1. The van der Waals surface area contributed by atoms with Crippen LogP contribution in [0.1, 0.15) is 44.6 Å². The Labute approximate surface area is 196 Å². The molecule has 2 aliphatic heterocycles.